The van der Waals surface area contributed by atoms with Gasteiger partial charge in [-0.15, -0.1) is 0 Å². The Morgan fingerprint density at radius 3 is 2.40 bits per heavy atom. The van der Waals surface area contributed by atoms with Crippen LogP contribution in [0, 0.1) is 5.41 Å². The van der Waals surface area contributed by atoms with Crippen molar-refractivity contribution in [2.45, 2.75) is 44.9 Å². The summed E-state index contributed by atoms with van der Waals surface area (Å²) in [7, 11) is 2.23. The molecule has 2 atom stereocenters. The predicted octanol–water partition coefficient (Wildman–Crippen LogP) is 2.19. The molecule has 1 fully saturated rings. The average molecular weight is 230 g/mol. The summed E-state index contributed by atoms with van der Waals surface area (Å²) in [5.41, 5.74) is 6.60. The number of nitrogens with two attached hydrogens (primary N) is 1. The lowest BCUT2D eigenvalue weighted by atomic mass is 9.89. The van der Waals surface area contributed by atoms with E-state index in [2.05, 4.69) is 51.4 Å². The van der Waals surface area contributed by atoms with Crippen LogP contribution in [0.1, 0.15) is 34.1 Å². The van der Waals surface area contributed by atoms with Gasteiger partial charge in [0.15, 0.2) is 0 Å². The summed E-state index contributed by atoms with van der Waals surface area (Å²) in [5, 5.41) is 0.760. The van der Waals surface area contributed by atoms with E-state index in [9.17, 15) is 0 Å². The Labute approximate surface area is 99.0 Å². The molecule has 0 amide bonds. The van der Waals surface area contributed by atoms with Crippen LogP contribution in [0.15, 0.2) is 0 Å². The maximum Gasteiger partial charge on any atom is 0.0429 e. The van der Waals surface area contributed by atoms with Crippen LogP contribution in [-0.4, -0.2) is 41.6 Å². The second-order valence-corrected chi connectivity index (χ2v) is 7.60. The van der Waals surface area contributed by atoms with Crippen LogP contribution >= 0.6 is 11.8 Å². The number of thioether (sulfide) groups is 1. The van der Waals surface area contributed by atoms with Gasteiger partial charge in [-0.25, -0.2) is 0 Å². The van der Waals surface area contributed by atoms with E-state index in [-0.39, 0.29) is 5.54 Å². The van der Waals surface area contributed by atoms with Crippen LogP contribution in [0.2, 0.25) is 0 Å². The molecule has 0 saturated carbocycles. The molecule has 0 aromatic carbocycles. The van der Waals surface area contributed by atoms with Gasteiger partial charge in [0.1, 0.15) is 0 Å². The van der Waals surface area contributed by atoms with Crippen LogP contribution in [0.4, 0.5) is 0 Å². The van der Waals surface area contributed by atoms with E-state index < -0.39 is 0 Å². The smallest absolute Gasteiger partial charge is 0.0429 e. The van der Waals surface area contributed by atoms with E-state index in [1.165, 1.54) is 12.2 Å². The summed E-state index contributed by atoms with van der Waals surface area (Å²) in [6, 6.07) is 0. The van der Waals surface area contributed by atoms with Gasteiger partial charge in [-0.3, -0.25) is 4.90 Å². The lowest BCUT2D eigenvalue weighted by molar-refractivity contribution is 0.103. The average Bonchev–Trinajstić information content (AvgIpc) is 2.45. The molecule has 0 spiro atoms. The van der Waals surface area contributed by atoms with Crippen molar-refractivity contribution in [1.29, 1.82) is 0 Å². The standard InChI is InChI=1S/C12H26N2S/c1-10-6-12(7-13,9-15-10)14(5)8-11(2,3)4/h10H,6-9,13H2,1-5H3. The predicted molar refractivity (Wildman–Crippen MR) is 70.4 cm³/mol. The first-order chi connectivity index (χ1) is 6.79. The number of nitrogens with zero attached hydrogens (tertiary/aromatic N) is 1. The van der Waals surface area contributed by atoms with Crippen LogP contribution in [0.5, 0.6) is 0 Å². The summed E-state index contributed by atoms with van der Waals surface area (Å²) in [6.07, 6.45) is 1.24. The Morgan fingerprint density at radius 1 is 1.47 bits per heavy atom. The van der Waals surface area contributed by atoms with Gasteiger partial charge in [0.05, 0.1) is 0 Å². The first-order valence-electron chi connectivity index (χ1n) is 5.82. The lowest BCUT2D eigenvalue weighted by Crippen LogP contribution is -2.54. The van der Waals surface area contributed by atoms with Crippen LogP contribution < -0.4 is 5.73 Å². The Kier molecular flexibility index (Phi) is 4.13. The fraction of sp³-hybridized carbons (Fsp3) is 1.00. The third kappa shape index (κ3) is 3.36. The molecular formula is C12H26N2S. The zero-order valence-corrected chi connectivity index (χ0v) is 11.7. The second kappa shape index (κ2) is 4.64. The SMILES string of the molecule is CC1CC(CN)(N(C)CC(C)(C)C)CS1. The molecule has 1 rings (SSSR count). The molecule has 3 heteroatoms. The number of likely N-dealkylation sites (N-methyl/N-ethyl adjacent to an activating group) is 1. The number of hydrogen-bond acceptors (Lipinski definition) is 3. The minimum absolute atomic E-state index is 0.247. The van der Waals surface area contributed by atoms with Gasteiger partial charge in [-0.05, 0) is 18.9 Å². The molecule has 0 radical (unpaired) electrons. The monoisotopic (exact) mass is 230 g/mol. The lowest BCUT2D eigenvalue weighted by Gasteiger charge is -2.41. The van der Waals surface area contributed by atoms with Gasteiger partial charge < -0.3 is 5.73 Å². The largest absolute Gasteiger partial charge is 0.329 e. The molecule has 90 valence electrons. The quantitative estimate of drug-likeness (QED) is 0.806. The van der Waals surface area contributed by atoms with Crippen LogP contribution in [0.25, 0.3) is 0 Å². The van der Waals surface area contributed by atoms with Crippen LogP contribution in [0.3, 0.4) is 0 Å². The van der Waals surface area contributed by atoms with Gasteiger partial charge in [0.25, 0.3) is 0 Å². The molecule has 0 aromatic rings. The molecule has 0 aliphatic carbocycles. The van der Waals surface area contributed by atoms with E-state index >= 15 is 0 Å². The van der Waals surface area contributed by atoms with Crippen molar-refractivity contribution in [3.63, 3.8) is 0 Å². The minimum Gasteiger partial charge on any atom is -0.329 e. The first kappa shape index (κ1) is 13.3. The van der Waals surface area contributed by atoms with E-state index in [0.717, 1.165) is 18.3 Å². The highest BCUT2D eigenvalue weighted by Gasteiger charge is 2.41. The van der Waals surface area contributed by atoms with Gasteiger partial charge in [-0.1, -0.05) is 27.7 Å². The Hall–Kier alpha value is 0.270. The molecule has 1 heterocycles. The zero-order valence-electron chi connectivity index (χ0n) is 10.8. The van der Waals surface area contributed by atoms with Gasteiger partial charge in [0.2, 0.25) is 0 Å². The molecule has 15 heavy (non-hydrogen) atoms. The number of rotatable bonds is 3. The topological polar surface area (TPSA) is 29.3 Å². The third-order valence-corrected chi connectivity index (χ3v) is 4.64. The van der Waals surface area contributed by atoms with E-state index in [1.807, 2.05) is 0 Å². The third-order valence-electron chi connectivity index (χ3n) is 3.21. The summed E-state index contributed by atoms with van der Waals surface area (Å²) in [6.45, 7) is 11.1. The van der Waals surface area contributed by atoms with Crippen molar-refractivity contribution in [3.05, 3.63) is 0 Å². The Balaban J connectivity index is 2.66. The van der Waals surface area contributed by atoms with E-state index in [4.69, 9.17) is 5.73 Å². The molecule has 2 N–H and O–H groups in total. The molecule has 1 saturated heterocycles. The fourth-order valence-corrected chi connectivity index (χ4v) is 3.87. The maximum absolute atomic E-state index is 6.00. The number of hydrogen-bond donors (Lipinski definition) is 1. The van der Waals surface area contributed by atoms with Crippen LogP contribution in [-0.2, 0) is 0 Å². The highest BCUT2D eigenvalue weighted by molar-refractivity contribution is 8.00. The minimum atomic E-state index is 0.247. The van der Waals surface area contributed by atoms with Crippen molar-refractivity contribution in [2.24, 2.45) is 11.1 Å². The zero-order chi connectivity index (χ0) is 11.7. The summed E-state index contributed by atoms with van der Waals surface area (Å²) < 4.78 is 0. The van der Waals surface area contributed by atoms with Gasteiger partial charge in [-0.2, -0.15) is 11.8 Å². The molecule has 2 unspecified atom stereocenters. The molecule has 1 aliphatic rings. The Morgan fingerprint density at radius 2 is 2.07 bits per heavy atom. The highest BCUT2D eigenvalue weighted by atomic mass is 32.2. The van der Waals surface area contributed by atoms with E-state index in [0.29, 0.717) is 5.41 Å². The van der Waals surface area contributed by atoms with Crippen molar-refractivity contribution in [1.82, 2.24) is 4.90 Å². The molecule has 0 bridgehead atoms. The molecule has 1 aliphatic heterocycles. The summed E-state index contributed by atoms with van der Waals surface area (Å²) in [5.74, 6) is 1.19. The first-order valence-corrected chi connectivity index (χ1v) is 6.87. The summed E-state index contributed by atoms with van der Waals surface area (Å²) >= 11 is 2.06. The summed E-state index contributed by atoms with van der Waals surface area (Å²) in [4.78, 5) is 2.49. The molecule has 2 nitrogen and oxygen atoms in total. The second-order valence-electron chi connectivity index (χ2n) is 6.17. The maximum atomic E-state index is 6.00. The van der Waals surface area contributed by atoms with Crippen molar-refractivity contribution < 1.29 is 0 Å². The molecule has 0 aromatic heterocycles. The van der Waals surface area contributed by atoms with Crippen molar-refractivity contribution in [3.8, 4) is 0 Å². The van der Waals surface area contributed by atoms with Crippen molar-refractivity contribution in [2.75, 3.05) is 25.9 Å². The normalized spacial score (nSPS) is 32.6. The Bertz CT molecular complexity index is 212. The van der Waals surface area contributed by atoms with Crippen molar-refractivity contribution >= 4 is 11.8 Å². The van der Waals surface area contributed by atoms with Gasteiger partial charge >= 0.3 is 0 Å². The molecular weight excluding hydrogens is 204 g/mol. The van der Waals surface area contributed by atoms with E-state index in [1.54, 1.807) is 0 Å². The fourth-order valence-electron chi connectivity index (χ4n) is 2.39. The van der Waals surface area contributed by atoms with Gasteiger partial charge in [0, 0.05) is 29.6 Å². The highest BCUT2D eigenvalue weighted by Crippen LogP contribution is 2.38.